The van der Waals surface area contributed by atoms with Gasteiger partial charge in [0.2, 0.25) is 0 Å². The second kappa shape index (κ2) is 13.0. The Morgan fingerprint density at radius 3 is 0.886 bits per heavy atom. The normalized spacial score (nSPS) is 12.4. The summed E-state index contributed by atoms with van der Waals surface area (Å²) in [7, 11) is -2.43. The van der Waals surface area contributed by atoms with Crippen LogP contribution in [0.25, 0.3) is 31.1 Å². The molecule has 4 aromatic carbocycles. The second-order valence-electron chi connectivity index (χ2n) is 14.9. The van der Waals surface area contributed by atoms with E-state index in [4.69, 9.17) is 0 Å². The third kappa shape index (κ3) is 5.85. The summed E-state index contributed by atoms with van der Waals surface area (Å²) in [6.07, 6.45) is 0. The van der Waals surface area contributed by atoms with Gasteiger partial charge in [-0.1, -0.05) is 156 Å². The fraction of sp³-hybridized carbons (Fsp3) is 0.429. The lowest BCUT2D eigenvalue weighted by molar-refractivity contribution is 0.810. The van der Waals surface area contributed by atoms with Gasteiger partial charge in [-0.25, -0.2) is 0 Å². The summed E-state index contributed by atoms with van der Waals surface area (Å²) in [5, 5.41) is 6.38. The van der Waals surface area contributed by atoms with Crippen LogP contribution in [0, 0.1) is 0 Å². The van der Waals surface area contributed by atoms with Crippen molar-refractivity contribution in [1.82, 2.24) is 0 Å². The maximum atomic E-state index is 2.60. The highest BCUT2D eigenvalue weighted by Gasteiger charge is 2.29. The molecule has 0 aliphatic heterocycles. The topological polar surface area (TPSA) is 0 Å². The predicted octanol–water partition coefficient (Wildman–Crippen LogP) is 12.8. The fourth-order valence-corrected chi connectivity index (χ4v) is 19.0. The van der Waals surface area contributed by atoms with Gasteiger partial charge in [0.25, 0.3) is 0 Å². The summed E-state index contributed by atoms with van der Waals surface area (Å²) < 4.78 is 0. The molecular formula is C42H54Si2. The molecule has 0 bridgehead atoms. The Morgan fingerprint density at radius 2 is 0.636 bits per heavy atom. The molecule has 1 aromatic heterocycles. The van der Waals surface area contributed by atoms with Gasteiger partial charge < -0.3 is 0 Å². The van der Waals surface area contributed by atoms with Gasteiger partial charge in [-0.15, -0.1) is 0 Å². The standard InChI is InChI=1S/C42H54Si2/c1-25(2)31-21-35(27(5)6)41(36(22-31)28(7)8)43-39-19-15-13-17-33(39)34-18-14-16-20-40(34)44(43)42-37(29(9)10)23-32(26(3)4)24-38(42)30(11)12/h13-30H,1-12H3. The van der Waals surface area contributed by atoms with Crippen LogP contribution in [-0.2, 0) is 0 Å². The lowest BCUT2D eigenvalue weighted by atomic mass is 9.89. The van der Waals surface area contributed by atoms with Crippen LogP contribution in [-0.4, -0.2) is 15.8 Å². The van der Waals surface area contributed by atoms with Gasteiger partial charge in [-0.3, -0.25) is 0 Å². The summed E-state index contributed by atoms with van der Waals surface area (Å²) in [5.41, 5.74) is 9.38. The summed E-state index contributed by atoms with van der Waals surface area (Å²) in [6.45, 7) is 28.9. The van der Waals surface area contributed by atoms with Crippen molar-refractivity contribution in [2.45, 2.75) is 119 Å². The molecule has 0 aliphatic rings. The molecule has 230 valence electrons. The Balaban J connectivity index is 2.15. The average Bonchev–Trinajstić information content (AvgIpc) is 2.98. The van der Waals surface area contributed by atoms with E-state index in [9.17, 15) is 0 Å². The van der Waals surface area contributed by atoms with Crippen molar-refractivity contribution in [3.63, 3.8) is 0 Å². The zero-order valence-corrected chi connectivity index (χ0v) is 31.4. The lowest BCUT2D eigenvalue weighted by Gasteiger charge is -2.29. The molecular weight excluding hydrogens is 561 g/mol. The minimum Gasteiger partial charge on any atom is -0.0620 e. The summed E-state index contributed by atoms with van der Waals surface area (Å²) in [5.74, 6) is 2.94. The van der Waals surface area contributed by atoms with Gasteiger partial charge in [0.1, 0.15) is 0 Å². The monoisotopic (exact) mass is 614 g/mol. The van der Waals surface area contributed by atoms with Crippen molar-refractivity contribution in [2.75, 3.05) is 0 Å². The van der Waals surface area contributed by atoms with Gasteiger partial charge in [-0.2, -0.15) is 0 Å². The van der Waals surface area contributed by atoms with E-state index < -0.39 is 15.8 Å². The van der Waals surface area contributed by atoms with Gasteiger partial charge in [0.05, 0.1) is 15.8 Å². The number of benzene rings is 4. The van der Waals surface area contributed by atoms with Crippen LogP contribution in [0.5, 0.6) is 0 Å². The number of fused-ring (bicyclic) bond motifs is 3. The largest absolute Gasteiger partial charge is 0.0702 e. The highest BCUT2D eigenvalue weighted by molar-refractivity contribution is 7.21. The van der Waals surface area contributed by atoms with Crippen molar-refractivity contribution in [2.24, 2.45) is 0 Å². The molecule has 0 nitrogen and oxygen atoms in total. The molecule has 0 amide bonds. The lowest BCUT2D eigenvalue weighted by Crippen LogP contribution is -2.24. The minimum absolute atomic E-state index is 0.476. The summed E-state index contributed by atoms with van der Waals surface area (Å²) in [4.78, 5) is 3.26. The highest BCUT2D eigenvalue weighted by Crippen LogP contribution is 2.41. The Labute approximate surface area is 270 Å². The van der Waals surface area contributed by atoms with Gasteiger partial charge in [0.15, 0.2) is 0 Å². The second-order valence-corrected chi connectivity index (χ2v) is 21.5. The van der Waals surface area contributed by atoms with Gasteiger partial charge >= 0.3 is 0 Å². The molecule has 0 unspecified atom stereocenters. The molecule has 5 rings (SSSR count). The summed E-state index contributed by atoms with van der Waals surface area (Å²) in [6, 6.07) is 29.4. The number of hydrogen-bond acceptors (Lipinski definition) is 0. The maximum absolute atomic E-state index is 2.60. The zero-order valence-electron chi connectivity index (χ0n) is 29.4. The first-order valence-corrected chi connectivity index (χ1v) is 21.1. The predicted molar refractivity (Wildman–Crippen MR) is 201 cm³/mol. The molecule has 1 heterocycles. The zero-order chi connectivity index (χ0) is 32.0. The number of rotatable bonds is 8. The minimum atomic E-state index is -1.22. The van der Waals surface area contributed by atoms with Crippen molar-refractivity contribution in [1.29, 1.82) is 0 Å². The Hall–Kier alpha value is -2.69. The van der Waals surface area contributed by atoms with Crippen LogP contribution in [0.4, 0.5) is 0 Å². The smallest absolute Gasteiger partial charge is 0.0620 e. The Morgan fingerprint density at radius 1 is 0.364 bits per heavy atom. The van der Waals surface area contributed by atoms with Gasteiger partial charge in [-0.05, 0) is 100 Å². The molecule has 0 atom stereocenters. The van der Waals surface area contributed by atoms with Crippen LogP contribution < -0.4 is 0 Å². The van der Waals surface area contributed by atoms with E-state index in [1.54, 1.807) is 42.6 Å². The van der Waals surface area contributed by atoms with Crippen molar-refractivity contribution in [3.05, 3.63) is 106 Å². The van der Waals surface area contributed by atoms with Crippen LogP contribution >= 0.6 is 0 Å². The molecule has 0 fully saturated rings. The molecule has 0 N–H and O–H groups in total. The van der Waals surface area contributed by atoms with E-state index >= 15 is 0 Å². The summed E-state index contributed by atoms with van der Waals surface area (Å²) >= 11 is 0. The SMILES string of the molecule is CC(C)c1cc(C(C)C)c(-[si]2c3ccccc3c3ccccc3[si]2-c2c(C(C)C)cc(C(C)C)cc2C(C)C)c(C(C)C)c1. The van der Waals surface area contributed by atoms with Crippen molar-refractivity contribution in [3.8, 4) is 10.4 Å². The van der Waals surface area contributed by atoms with Gasteiger partial charge in [0, 0.05) is 0 Å². The molecule has 5 aromatic rings. The van der Waals surface area contributed by atoms with E-state index in [2.05, 4.69) is 156 Å². The third-order valence-electron chi connectivity index (χ3n) is 9.70. The molecule has 0 saturated heterocycles. The Kier molecular flexibility index (Phi) is 9.64. The third-order valence-corrected chi connectivity index (χ3v) is 18.9. The van der Waals surface area contributed by atoms with E-state index in [1.165, 1.54) is 21.9 Å². The van der Waals surface area contributed by atoms with Crippen LogP contribution in [0.1, 0.15) is 152 Å². The molecule has 0 aliphatic carbocycles. The van der Waals surface area contributed by atoms with Crippen LogP contribution in [0.15, 0.2) is 72.8 Å². The number of hydrogen-bond donors (Lipinski definition) is 0. The van der Waals surface area contributed by atoms with Crippen molar-refractivity contribution >= 4 is 36.6 Å². The average molecular weight is 615 g/mol. The van der Waals surface area contributed by atoms with E-state index in [0.717, 1.165) is 0 Å². The fourth-order valence-electron chi connectivity index (χ4n) is 7.15. The first-order chi connectivity index (χ1) is 20.8. The first kappa shape index (κ1) is 32.7. The van der Waals surface area contributed by atoms with E-state index in [-0.39, 0.29) is 0 Å². The first-order valence-electron chi connectivity index (χ1n) is 17.1. The molecule has 0 radical (unpaired) electrons. The molecule has 2 heteroatoms. The van der Waals surface area contributed by atoms with Crippen molar-refractivity contribution < 1.29 is 0 Å². The molecule has 0 spiro atoms. The molecule has 44 heavy (non-hydrogen) atoms. The molecule has 0 saturated carbocycles. The van der Waals surface area contributed by atoms with Crippen LogP contribution in [0.3, 0.4) is 0 Å². The quantitative estimate of drug-likeness (QED) is 0.120. The van der Waals surface area contributed by atoms with E-state index in [1.807, 2.05) is 0 Å². The highest BCUT2D eigenvalue weighted by atomic mass is 29.0. The maximum Gasteiger partial charge on any atom is 0.0702 e. The Bertz CT molecular complexity index is 1630. The van der Waals surface area contributed by atoms with E-state index in [0.29, 0.717) is 35.5 Å². The van der Waals surface area contributed by atoms with Crippen LogP contribution in [0.2, 0.25) is 0 Å².